The third kappa shape index (κ3) is 4.92. The Morgan fingerprint density at radius 2 is 1.69 bits per heavy atom. The minimum absolute atomic E-state index is 0.0243. The summed E-state index contributed by atoms with van der Waals surface area (Å²) in [4.78, 5) is 50.7. The van der Waals surface area contributed by atoms with Crippen molar-refractivity contribution >= 4 is 40.9 Å². The first-order valence-corrected chi connectivity index (χ1v) is 10.4. The van der Waals surface area contributed by atoms with Crippen LogP contribution in [0, 0.1) is 0 Å². The Hall–Kier alpha value is -2.93. The van der Waals surface area contributed by atoms with E-state index in [0.717, 1.165) is 16.1 Å². The van der Waals surface area contributed by atoms with Crippen LogP contribution in [0.5, 0.6) is 0 Å². The van der Waals surface area contributed by atoms with Crippen molar-refractivity contribution in [1.29, 1.82) is 0 Å². The number of esters is 1. The molecule has 1 amide bonds. The Morgan fingerprint density at radius 3 is 2.38 bits per heavy atom. The number of carbonyl (C=O) groups excluding carboxylic acids is 4. The largest absolute Gasteiger partial charge is 0.457 e. The Kier molecular flexibility index (Phi) is 6.49. The van der Waals surface area contributed by atoms with Gasteiger partial charge in [-0.05, 0) is 42.2 Å². The van der Waals surface area contributed by atoms with Gasteiger partial charge in [-0.25, -0.2) is 0 Å². The van der Waals surface area contributed by atoms with Gasteiger partial charge >= 0.3 is 5.97 Å². The summed E-state index contributed by atoms with van der Waals surface area (Å²) in [6, 6.07) is 12.2. The SMILES string of the molecule is CSc1ccc(C(=O)CCC(=O)OCC(=O)c2ccc3c(c2)CC(=O)N3C)cc1. The number of rotatable bonds is 8. The third-order valence-corrected chi connectivity index (χ3v) is 5.55. The number of benzene rings is 2. The van der Waals surface area contributed by atoms with Crippen molar-refractivity contribution in [3.63, 3.8) is 0 Å². The summed E-state index contributed by atoms with van der Waals surface area (Å²) in [6.07, 6.45) is 2.15. The monoisotopic (exact) mass is 411 g/mol. The zero-order valence-corrected chi connectivity index (χ0v) is 17.1. The smallest absolute Gasteiger partial charge is 0.306 e. The van der Waals surface area contributed by atoms with Crippen molar-refractivity contribution < 1.29 is 23.9 Å². The van der Waals surface area contributed by atoms with Gasteiger partial charge in [0.1, 0.15) is 0 Å². The summed E-state index contributed by atoms with van der Waals surface area (Å²) in [5, 5.41) is 0. The summed E-state index contributed by atoms with van der Waals surface area (Å²) >= 11 is 1.59. The fraction of sp³-hybridized carbons (Fsp3) is 0.273. The molecule has 150 valence electrons. The van der Waals surface area contributed by atoms with E-state index >= 15 is 0 Å². The van der Waals surface area contributed by atoms with Gasteiger partial charge in [0.05, 0.1) is 12.8 Å². The number of hydrogen-bond donors (Lipinski definition) is 0. The van der Waals surface area contributed by atoms with Gasteiger partial charge in [-0.3, -0.25) is 19.2 Å². The molecule has 0 atom stereocenters. The molecule has 2 aromatic carbocycles. The van der Waals surface area contributed by atoms with E-state index in [-0.39, 0.29) is 36.7 Å². The Morgan fingerprint density at radius 1 is 1.00 bits per heavy atom. The number of likely N-dealkylation sites (N-methyl/N-ethyl adjacent to an activating group) is 1. The molecule has 3 rings (SSSR count). The maximum atomic E-state index is 12.3. The summed E-state index contributed by atoms with van der Waals surface area (Å²) in [5.41, 5.74) is 2.51. The Balaban J connectivity index is 1.48. The zero-order chi connectivity index (χ0) is 21.0. The molecule has 0 radical (unpaired) electrons. The molecule has 1 heterocycles. The van der Waals surface area contributed by atoms with Crippen molar-refractivity contribution in [2.45, 2.75) is 24.2 Å². The Labute approximate surface area is 173 Å². The molecular formula is C22H21NO5S. The van der Waals surface area contributed by atoms with Gasteiger partial charge in [0.2, 0.25) is 5.91 Å². The molecule has 6 nitrogen and oxygen atoms in total. The molecule has 2 aromatic rings. The van der Waals surface area contributed by atoms with Crippen molar-refractivity contribution in [3.05, 3.63) is 59.2 Å². The second-order valence-electron chi connectivity index (χ2n) is 6.71. The van der Waals surface area contributed by atoms with E-state index in [0.29, 0.717) is 11.1 Å². The highest BCUT2D eigenvalue weighted by Gasteiger charge is 2.25. The molecule has 0 saturated heterocycles. The number of fused-ring (bicyclic) bond motifs is 1. The highest BCUT2D eigenvalue weighted by Crippen LogP contribution is 2.28. The molecule has 0 aromatic heterocycles. The Bertz CT molecular complexity index is 968. The molecule has 1 aliphatic heterocycles. The van der Waals surface area contributed by atoms with Gasteiger partial charge in [-0.1, -0.05) is 12.1 Å². The van der Waals surface area contributed by atoms with Crippen molar-refractivity contribution in [3.8, 4) is 0 Å². The summed E-state index contributed by atoms with van der Waals surface area (Å²) in [5.74, 6) is -1.11. The van der Waals surface area contributed by atoms with Crippen molar-refractivity contribution in [1.82, 2.24) is 0 Å². The van der Waals surface area contributed by atoms with Gasteiger partial charge in [-0.15, -0.1) is 11.8 Å². The summed E-state index contributed by atoms with van der Waals surface area (Å²) in [7, 11) is 1.69. The average Bonchev–Trinajstić information content (AvgIpc) is 3.03. The predicted octanol–water partition coefficient (Wildman–Crippen LogP) is 3.32. The minimum Gasteiger partial charge on any atom is -0.457 e. The van der Waals surface area contributed by atoms with Gasteiger partial charge in [0, 0.05) is 35.2 Å². The first-order valence-electron chi connectivity index (χ1n) is 9.14. The van der Waals surface area contributed by atoms with E-state index < -0.39 is 12.6 Å². The van der Waals surface area contributed by atoms with E-state index in [9.17, 15) is 19.2 Å². The van der Waals surface area contributed by atoms with Crippen LogP contribution in [0.1, 0.15) is 39.1 Å². The number of anilines is 1. The number of amides is 1. The van der Waals surface area contributed by atoms with Crippen LogP contribution >= 0.6 is 11.8 Å². The second kappa shape index (κ2) is 9.05. The van der Waals surface area contributed by atoms with Crippen LogP contribution in [0.3, 0.4) is 0 Å². The van der Waals surface area contributed by atoms with Crippen LogP contribution in [0.25, 0.3) is 0 Å². The summed E-state index contributed by atoms with van der Waals surface area (Å²) in [6.45, 7) is -0.391. The fourth-order valence-electron chi connectivity index (χ4n) is 3.08. The highest BCUT2D eigenvalue weighted by molar-refractivity contribution is 7.98. The predicted molar refractivity (Wildman–Crippen MR) is 111 cm³/mol. The van der Waals surface area contributed by atoms with Crippen molar-refractivity contribution in [2.75, 3.05) is 24.8 Å². The number of thioether (sulfide) groups is 1. The number of ether oxygens (including phenoxy) is 1. The van der Waals surface area contributed by atoms with E-state index in [1.54, 1.807) is 54.0 Å². The normalized spacial score (nSPS) is 12.6. The van der Waals surface area contributed by atoms with Crippen LogP contribution < -0.4 is 4.90 Å². The molecule has 0 saturated carbocycles. The molecule has 0 bridgehead atoms. The van der Waals surface area contributed by atoms with Crippen molar-refractivity contribution in [2.24, 2.45) is 0 Å². The number of Topliss-reactive ketones (excluding diaryl/α,β-unsaturated/α-hetero) is 2. The third-order valence-electron chi connectivity index (χ3n) is 4.81. The van der Waals surface area contributed by atoms with Gasteiger partial charge in [0.15, 0.2) is 18.2 Å². The maximum Gasteiger partial charge on any atom is 0.306 e. The first-order chi connectivity index (χ1) is 13.9. The molecule has 0 spiro atoms. The van der Waals surface area contributed by atoms with E-state index in [4.69, 9.17) is 4.74 Å². The lowest BCUT2D eigenvalue weighted by Gasteiger charge is -2.10. The van der Waals surface area contributed by atoms with Crippen LogP contribution in [0.15, 0.2) is 47.4 Å². The zero-order valence-electron chi connectivity index (χ0n) is 16.3. The van der Waals surface area contributed by atoms with E-state index in [2.05, 4.69) is 0 Å². The average molecular weight is 411 g/mol. The van der Waals surface area contributed by atoms with Crippen LogP contribution in [0.4, 0.5) is 5.69 Å². The number of hydrogen-bond acceptors (Lipinski definition) is 6. The van der Waals surface area contributed by atoms with Crippen LogP contribution in [-0.4, -0.2) is 43.4 Å². The quantitative estimate of drug-likeness (QED) is 0.377. The van der Waals surface area contributed by atoms with Crippen LogP contribution in [-0.2, 0) is 20.7 Å². The van der Waals surface area contributed by atoms with Crippen LogP contribution in [0.2, 0.25) is 0 Å². The topological polar surface area (TPSA) is 80.8 Å². The molecule has 0 fully saturated rings. The lowest BCUT2D eigenvalue weighted by molar-refractivity contribution is -0.142. The molecule has 1 aliphatic rings. The molecular weight excluding hydrogens is 390 g/mol. The molecule has 29 heavy (non-hydrogen) atoms. The standard InChI is InChI=1S/C22H21NO5S/c1-23-18-8-5-15(11-16(18)12-21(23)26)20(25)13-28-22(27)10-9-19(24)14-3-6-17(29-2)7-4-14/h3-8,11H,9-10,12-13H2,1-2H3. The lowest BCUT2D eigenvalue weighted by atomic mass is 10.1. The lowest BCUT2D eigenvalue weighted by Crippen LogP contribution is -2.20. The molecule has 0 N–H and O–H groups in total. The number of ketones is 2. The number of nitrogens with zero attached hydrogens (tertiary/aromatic N) is 1. The minimum atomic E-state index is -0.594. The second-order valence-corrected chi connectivity index (χ2v) is 7.59. The van der Waals surface area contributed by atoms with E-state index in [1.165, 1.54) is 0 Å². The molecule has 0 unspecified atom stereocenters. The maximum absolute atomic E-state index is 12.3. The molecule has 7 heteroatoms. The number of carbonyl (C=O) groups is 4. The first kappa shape index (κ1) is 20.8. The summed E-state index contributed by atoms with van der Waals surface area (Å²) < 4.78 is 5.02. The van der Waals surface area contributed by atoms with E-state index in [1.807, 2.05) is 18.4 Å². The van der Waals surface area contributed by atoms with Gasteiger partial charge in [-0.2, -0.15) is 0 Å². The fourth-order valence-corrected chi connectivity index (χ4v) is 3.49. The highest BCUT2D eigenvalue weighted by atomic mass is 32.2. The van der Waals surface area contributed by atoms with Gasteiger partial charge in [0.25, 0.3) is 0 Å². The molecule has 0 aliphatic carbocycles. The van der Waals surface area contributed by atoms with Gasteiger partial charge < -0.3 is 9.64 Å².